The van der Waals surface area contributed by atoms with Crippen LogP contribution < -0.4 is 10.1 Å². The lowest BCUT2D eigenvalue weighted by Crippen LogP contribution is -2.08. The molecule has 4 rings (SSSR count). The van der Waals surface area contributed by atoms with E-state index in [1.807, 2.05) is 61.1 Å². The van der Waals surface area contributed by atoms with Crippen molar-refractivity contribution in [1.29, 1.82) is 5.26 Å². The average molecular weight is 394 g/mol. The van der Waals surface area contributed by atoms with Crippen LogP contribution in [0.4, 0.5) is 5.69 Å². The number of nitrogens with one attached hydrogen (secondary N) is 1. The van der Waals surface area contributed by atoms with Gasteiger partial charge in [-0.25, -0.2) is 4.98 Å². The van der Waals surface area contributed by atoms with E-state index >= 15 is 0 Å². The normalized spacial score (nSPS) is 10.4. The molecule has 0 amide bonds. The van der Waals surface area contributed by atoms with E-state index in [9.17, 15) is 0 Å². The number of benzene rings is 3. The molecule has 0 aliphatic heterocycles. The van der Waals surface area contributed by atoms with Crippen molar-refractivity contribution in [3.63, 3.8) is 0 Å². The van der Waals surface area contributed by atoms with Crippen LogP contribution in [-0.4, -0.2) is 16.7 Å². The van der Waals surface area contributed by atoms with Crippen molar-refractivity contribution < 1.29 is 4.74 Å². The van der Waals surface area contributed by atoms with Crippen LogP contribution in [0.3, 0.4) is 0 Å². The number of methoxy groups -OCH3 is 1. The zero-order chi connectivity index (χ0) is 20.8. The van der Waals surface area contributed by atoms with Gasteiger partial charge in [-0.15, -0.1) is 0 Å². The van der Waals surface area contributed by atoms with Gasteiger partial charge in [-0.05, 0) is 35.4 Å². The molecular weight excluding hydrogens is 372 g/mol. The molecular formula is C25H22N4O. The molecule has 5 heteroatoms. The zero-order valence-corrected chi connectivity index (χ0v) is 16.7. The molecule has 5 nitrogen and oxygen atoms in total. The Bertz CT molecular complexity index is 1160. The number of hydrogen-bond acceptors (Lipinski definition) is 4. The van der Waals surface area contributed by atoms with Crippen LogP contribution >= 0.6 is 0 Å². The van der Waals surface area contributed by atoms with Crippen molar-refractivity contribution in [2.45, 2.75) is 13.1 Å². The molecule has 1 aromatic heterocycles. The van der Waals surface area contributed by atoms with Crippen LogP contribution in [-0.2, 0) is 13.1 Å². The number of anilines is 1. The van der Waals surface area contributed by atoms with Crippen LogP contribution in [0.15, 0.2) is 85.3 Å². The first-order chi connectivity index (χ1) is 14.8. The summed E-state index contributed by atoms with van der Waals surface area (Å²) in [6, 6.07) is 26.1. The van der Waals surface area contributed by atoms with Crippen molar-refractivity contribution in [2.75, 3.05) is 12.4 Å². The first-order valence-electron chi connectivity index (χ1n) is 9.72. The molecule has 0 fully saturated rings. The molecule has 0 atom stereocenters. The van der Waals surface area contributed by atoms with Gasteiger partial charge in [-0.2, -0.15) is 5.26 Å². The van der Waals surface area contributed by atoms with E-state index < -0.39 is 0 Å². The van der Waals surface area contributed by atoms with E-state index in [1.165, 1.54) is 0 Å². The summed E-state index contributed by atoms with van der Waals surface area (Å²) in [5.41, 5.74) is 6.04. The van der Waals surface area contributed by atoms with E-state index in [2.05, 4.69) is 45.2 Å². The second-order valence-electron chi connectivity index (χ2n) is 6.96. The predicted molar refractivity (Wildman–Crippen MR) is 118 cm³/mol. The van der Waals surface area contributed by atoms with Crippen LogP contribution in [0.1, 0.15) is 16.8 Å². The van der Waals surface area contributed by atoms with E-state index in [4.69, 9.17) is 10.00 Å². The number of nitriles is 1. The first kappa shape index (κ1) is 19.3. The summed E-state index contributed by atoms with van der Waals surface area (Å²) < 4.78 is 7.72. The summed E-state index contributed by atoms with van der Waals surface area (Å²) in [6.07, 6.45) is 3.69. The van der Waals surface area contributed by atoms with E-state index in [0.29, 0.717) is 18.7 Å². The summed E-state index contributed by atoms with van der Waals surface area (Å²) in [7, 11) is 1.69. The smallest absolute Gasteiger partial charge is 0.128 e. The highest BCUT2D eigenvalue weighted by Crippen LogP contribution is 2.32. The summed E-state index contributed by atoms with van der Waals surface area (Å²) in [6.45, 7) is 1.35. The fraction of sp³-hybridized carbons (Fsp3) is 0.120. The zero-order valence-electron chi connectivity index (χ0n) is 16.7. The standard InChI is InChI=1S/C25H22N4O/c1-30-25-13-22(11-12-24(25)21-5-3-2-4-6-21)28-16-23-15-27-18-29(23)17-20-9-7-19(14-26)8-10-20/h2-13,15,18,28H,16-17H2,1H3. The SMILES string of the molecule is COc1cc(NCc2cncn2Cc2ccc(C#N)cc2)ccc1-c1ccccc1. The number of rotatable bonds is 7. The number of nitrogens with zero attached hydrogens (tertiary/aromatic N) is 3. The third-order valence-electron chi connectivity index (χ3n) is 4.99. The van der Waals surface area contributed by atoms with Gasteiger partial charge in [-0.1, -0.05) is 42.5 Å². The lowest BCUT2D eigenvalue weighted by Gasteiger charge is -2.13. The topological polar surface area (TPSA) is 62.9 Å². The monoisotopic (exact) mass is 394 g/mol. The minimum atomic E-state index is 0.643. The third-order valence-corrected chi connectivity index (χ3v) is 4.99. The van der Waals surface area contributed by atoms with Crippen molar-refractivity contribution >= 4 is 5.69 Å². The molecule has 0 spiro atoms. The Balaban J connectivity index is 1.46. The summed E-state index contributed by atoms with van der Waals surface area (Å²) in [5, 5.41) is 12.4. The first-order valence-corrected chi connectivity index (χ1v) is 9.72. The van der Waals surface area contributed by atoms with Gasteiger partial charge < -0.3 is 14.6 Å². The molecule has 3 aromatic carbocycles. The summed E-state index contributed by atoms with van der Waals surface area (Å²) in [5.74, 6) is 0.831. The van der Waals surface area contributed by atoms with Gasteiger partial charge in [-0.3, -0.25) is 0 Å². The van der Waals surface area contributed by atoms with E-state index in [0.717, 1.165) is 33.8 Å². The maximum absolute atomic E-state index is 8.94. The van der Waals surface area contributed by atoms with Crippen molar-refractivity contribution in [3.05, 3.63) is 102 Å². The summed E-state index contributed by atoms with van der Waals surface area (Å²) in [4.78, 5) is 4.30. The molecule has 0 saturated heterocycles. The maximum Gasteiger partial charge on any atom is 0.128 e. The molecule has 148 valence electrons. The Hall–Kier alpha value is -4.04. The Morgan fingerprint density at radius 2 is 1.83 bits per heavy atom. The molecule has 0 bridgehead atoms. The highest BCUT2D eigenvalue weighted by molar-refractivity contribution is 5.73. The van der Waals surface area contributed by atoms with Gasteiger partial charge in [0.15, 0.2) is 0 Å². The molecule has 1 heterocycles. The molecule has 0 radical (unpaired) electrons. The van der Waals surface area contributed by atoms with Gasteiger partial charge in [0.1, 0.15) is 5.75 Å². The Morgan fingerprint density at radius 1 is 1.03 bits per heavy atom. The molecule has 0 unspecified atom stereocenters. The molecule has 30 heavy (non-hydrogen) atoms. The van der Waals surface area contributed by atoms with Gasteiger partial charge in [0.2, 0.25) is 0 Å². The minimum absolute atomic E-state index is 0.643. The van der Waals surface area contributed by atoms with Gasteiger partial charge in [0, 0.05) is 30.1 Å². The Morgan fingerprint density at radius 3 is 2.57 bits per heavy atom. The second kappa shape index (κ2) is 8.97. The van der Waals surface area contributed by atoms with Crippen molar-refractivity contribution in [2.24, 2.45) is 0 Å². The Labute approximate surface area is 176 Å². The molecule has 0 aliphatic carbocycles. The number of imidazole rings is 1. The van der Waals surface area contributed by atoms with Crippen LogP contribution in [0.5, 0.6) is 5.75 Å². The van der Waals surface area contributed by atoms with Crippen LogP contribution in [0.25, 0.3) is 11.1 Å². The lowest BCUT2D eigenvalue weighted by molar-refractivity contribution is 0.416. The quantitative estimate of drug-likeness (QED) is 0.474. The van der Waals surface area contributed by atoms with Gasteiger partial charge >= 0.3 is 0 Å². The van der Waals surface area contributed by atoms with Crippen LogP contribution in [0.2, 0.25) is 0 Å². The highest BCUT2D eigenvalue weighted by atomic mass is 16.5. The largest absolute Gasteiger partial charge is 0.496 e. The van der Waals surface area contributed by atoms with Crippen molar-refractivity contribution in [1.82, 2.24) is 9.55 Å². The second-order valence-corrected chi connectivity index (χ2v) is 6.96. The van der Waals surface area contributed by atoms with Gasteiger partial charge in [0.05, 0.1) is 37.3 Å². The maximum atomic E-state index is 8.94. The average Bonchev–Trinajstić information content (AvgIpc) is 3.25. The molecule has 4 aromatic rings. The Kier molecular flexibility index (Phi) is 5.77. The fourth-order valence-electron chi connectivity index (χ4n) is 3.37. The minimum Gasteiger partial charge on any atom is -0.496 e. The lowest BCUT2D eigenvalue weighted by atomic mass is 10.0. The van der Waals surface area contributed by atoms with Crippen molar-refractivity contribution in [3.8, 4) is 22.9 Å². The number of ether oxygens (including phenoxy) is 1. The van der Waals surface area contributed by atoms with E-state index in [-0.39, 0.29) is 0 Å². The molecule has 1 N–H and O–H groups in total. The number of aromatic nitrogens is 2. The third kappa shape index (κ3) is 4.34. The van der Waals surface area contributed by atoms with Gasteiger partial charge in [0.25, 0.3) is 0 Å². The fourth-order valence-corrected chi connectivity index (χ4v) is 3.37. The van der Waals surface area contributed by atoms with E-state index in [1.54, 1.807) is 7.11 Å². The number of hydrogen-bond donors (Lipinski definition) is 1. The summed E-state index contributed by atoms with van der Waals surface area (Å²) >= 11 is 0. The molecule has 0 saturated carbocycles. The predicted octanol–water partition coefficient (Wildman–Crippen LogP) is 5.09. The molecule has 0 aliphatic rings. The van der Waals surface area contributed by atoms with Crippen LogP contribution in [0, 0.1) is 11.3 Å². The highest BCUT2D eigenvalue weighted by Gasteiger charge is 2.08.